The molecular formula is C8H17N3O4Si. The number of hydrogen-bond acceptors (Lipinski definition) is 7. The number of nitrogens with one attached hydrogen (secondary N) is 1. The number of hydrogen-bond donors (Lipinski definition) is 1. The quantitative estimate of drug-likeness (QED) is 0.536. The molecule has 0 radical (unpaired) electrons. The fourth-order valence-corrected chi connectivity index (χ4v) is 3.03. The molecule has 1 heterocycles. The number of aromatic nitrogens is 2. The minimum absolute atomic E-state index is 0.416. The Balaban J connectivity index is 2.23. The molecule has 1 aromatic heterocycles. The molecule has 0 spiro atoms. The third-order valence-corrected chi connectivity index (χ3v) is 5.06. The van der Waals surface area contributed by atoms with E-state index in [-0.39, 0.29) is 0 Å². The molecule has 0 unspecified atom stereocenters. The first-order chi connectivity index (χ1) is 7.76. The third-order valence-electron chi connectivity index (χ3n) is 2.23. The monoisotopic (exact) mass is 247 g/mol. The van der Waals surface area contributed by atoms with Crippen molar-refractivity contribution in [3.8, 4) is 0 Å². The first-order valence-corrected chi connectivity index (χ1v) is 6.85. The van der Waals surface area contributed by atoms with Crippen molar-refractivity contribution >= 4 is 14.8 Å². The van der Waals surface area contributed by atoms with E-state index < -0.39 is 8.80 Å². The van der Waals surface area contributed by atoms with Crippen molar-refractivity contribution in [3.05, 3.63) is 6.39 Å². The fourth-order valence-electron chi connectivity index (χ4n) is 1.31. The van der Waals surface area contributed by atoms with E-state index in [0.29, 0.717) is 12.6 Å². The lowest BCUT2D eigenvalue weighted by molar-refractivity contribution is 0.123. The van der Waals surface area contributed by atoms with E-state index in [2.05, 4.69) is 15.5 Å². The Morgan fingerprint density at radius 1 is 1.31 bits per heavy atom. The van der Waals surface area contributed by atoms with Crippen LogP contribution in [-0.2, 0) is 13.3 Å². The molecule has 1 N–H and O–H groups in total. The van der Waals surface area contributed by atoms with Gasteiger partial charge in [-0.15, -0.1) is 5.10 Å². The van der Waals surface area contributed by atoms with Crippen LogP contribution in [0.3, 0.4) is 0 Å². The lowest BCUT2D eigenvalue weighted by Gasteiger charge is -2.24. The van der Waals surface area contributed by atoms with E-state index in [4.69, 9.17) is 17.7 Å². The zero-order valence-electron chi connectivity index (χ0n) is 9.73. The summed E-state index contributed by atoms with van der Waals surface area (Å²) in [6.45, 7) is 0.701. The molecule has 0 fully saturated rings. The molecule has 1 rings (SSSR count). The fraction of sp³-hybridized carbons (Fsp3) is 0.750. The maximum absolute atomic E-state index is 5.29. The van der Waals surface area contributed by atoms with Gasteiger partial charge in [-0.25, -0.2) is 0 Å². The summed E-state index contributed by atoms with van der Waals surface area (Å²) in [6, 6.07) is 1.15. The summed E-state index contributed by atoms with van der Waals surface area (Å²) >= 11 is 0. The van der Waals surface area contributed by atoms with Crippen LogP contribution in [0.4, 0.5) is 6.01 Å². The Hall–Kier alpha value is -0.963. The van der Waals surface area contributed by atoms with E-state index in [0.717, 1.165) is 12.5 Å². The summed E-state index contributed by atoms with van der Waals surface area (Å²) in [5, 5.41) is 10.2. The van der Waals surface area contributed by atoms with Gasteiger partial charge in [-0.3, -0.25) is 0 Å². The second-order valence-electron chi connectivity index (χ2n) is 3.07. The third kappa shape index (κ3) is 3.56. The van der Waals surface area contributed by atoms with E-state index in [1.165, 1.54) is 6.39 Å². The predicted molar refractivity (Wildman–Crippen MR) is 59.0 cm³/mol. The Morgan fingerprint density at radius 2 is 2.00 bits per heavy atom. The van der Waals surface area contributed by atoms with Crippen molar-refractivity contribution in [1.29, 1.82) is 0 Å². The number of anilines is 1. The Labute approximate surface area is 95.5 Å². The number of rotatable bonds is 8. The summed E-state index contributed by atoms with van der Waals surface area (Å²) < 4.78 is 20.8. The smallest absolute Gasteiger partial charge is 0.411 e. The molecule has 7 nitrogen and oxygen atoms in total. The molecule has 0 aliphatic carbocycles. The van der Waals surface area contributed by atoms with Gasteiger partial charge in [0.1, 0.15) is 0 Å². The van der Waals surface area contributed by atoms with Gasteiger partial charge in [-0.1, -0.05) is 5.10 Å². The van der Waals surface area contributed by atoms with Gasteiger partial charge in [0.25, 0.3) is 0 Å². The average Bonchev–Trinajstić information content (AvgIpc) is 2.83. The van der Waals surface area contributed by atoms with Crippen LogP contribution >= 0.6 is 0 Å². The van der Waals surface area contributed by atoms with Gasteiger partial charge in [0.2, 0.25) is 6.39 Å². The highest BCUT2D eigenvalue weighted by Crippen LogP contribution is 2.14. The van der Waals surface area contributed by atoms with Crippen LogP contribution in [-0.4, -0.2) is 46.9 Å². The van der Waals surface area contributed by atoms with E-state index in [1.807, 2.05) is 0 Å². The van der Waals surface area contributed by atoms with Gasteiger partial charge >= 0.3 is 14.8 Å². The molecule has 0 saturated carbocycles. The van der Waals surface area contributed by atoms with Crippen LogP contribution in [0.2, 0.25) is 6.04 Å². The van der Waals surface area contributed by atoms with Crippen molar-refractivity contribution in [3.63, 3.8) is 0 Å². The van der Waals surface area contributed by atoms with Crippen LogP contribution in [0, 0.1) is 0 Å². The van der Waals surface area contributed by atoms with Crippen molar-refractivity contribution in [2.24, 2.45) is 0 Å². The Kier molecular flexibility index (Phi) is 5.39. The van der Waals surface area contributed by atoms with Gasteiger partial charge in [0.15, 0.2) is 0 Å². The largest absolute Gasteiger partial charge is 0.500 e. The Bertz CT molecular complexity index is 271. The van der Waals surface area contributed by atoms with Crippen LogP contribution in [0.25, 0.3) is 0 Å². The standard InChI is InChI=1S/C8H17N3O4Si/c1-12-16(13-2,14-3)6-4-5-9-8-11-10-7-15-8/h7H,4-6H2,1-3H3,(H,9,11). The van der Waals surface area contributed by atoms with Crippen LogP contribution < -0.4 is 5.32 Å². The zero-order chi connectivity index (χ0) is 11.9. The maximum atomic E-state index is 5.29. The van der Waals surface area contributed by atoms with E-state index >= 15 is 0 Å². The molecule has 92 valence electrons. The highest BCUT2D eigenvalue weighted by atomic mass is 28.4. The summed E-state index contributed by atoms with van der Waals surface area (Å²) in [4.78, 5) is 0. The second-order valence-corrected chi connectivity index (χ2v) is 6.16. The highest BCUT2D eigenvalue weighted by molar-refractivity contribution is 6.60. The van der Waals surface area contributed by atoms with Gasteiger partial charge in [-0.05, 0) is 6.42 Å². The molecule has 0 saturated heterocycles. The number of nitrogens with zero attached hydrogens (tertiary/aromatic N) is 2. The van der Waals surface area contributed by atoms with Gasteiger partial charge < -0.3 is 23.0 Å². The van der Waals surface area contributed by atoms with Gasteiger partial charge in [0, 0.05) is 33.9 Å². The van der Waals surface area contributed by atoms with Gasteiger partial charge in [0.05, 0.1) is 0 Å². The minimum Gasteiger partial charge on any atom is -0.411 e. The summed E-state index contributed by atoms with van der Waals surface area (Å²) in [6.07, 6.45) is 2.12. The van der Waals surface area contributed by atoms with Gasteiger partial charge in [-0.2, -0.15) is 0 Å². The van der Waals surface area contributed by atoms with Crippen molar-refractivity contribution in [1.82, 2.24) is 10.2 Å². The summed E-state index contributed by atoms with van der Waals surface area (Å²) in [5.74, 6) is 0. The van der Waals surface area contributed by atoms with Crippen molar-refractivity contribution in [2.45, 2.75) is 12.5 Å². The van der Waals surface area contributed by atoms with Crippen molar-refractivity contribution < 1.29 is 17.7 Å². The topological polar surface area (TPSA) is 78.6 Å². The maximum Gasteiger partial charge on any atom is 0.500 e. The minimum atomic E-state index is -2.45. The van der Waals surface area contributed by atoms with Crippen LogP contribution in [0.15, 0.2) is 10.8 Å². The molecule has 0 aliphatic rings. The normalized spacial score (nSPS) is 11.7. The highest BCUT2D eigenvalue weighted by Gasteiger charge is 2.36. The van der Waals surface area contributed by atoms with E-state index in [1.54, 1.807) is 21.3 Å². The van der Waals surface area contributed by atoms with E-state index in [9.17, 15) is 0 Å². The zero-order valence-corrected chi connectivity index (χ0v) is 10.7. The summed E-state index contributed by atoms with van der Waals surface area (Å²) in [7, 11) is 2.36. The lowest BCUT2D eigenvalue weighted by atomic mass is 10.5. The lowest BCUT2D eigenvalue weighted by Crippen LogP contribution is -2.42. The molecule has 0 amide bonds. The second kappa shape index (κ2) is 6.58. The predicted octanol–water partition coefficient (Wildman–Crippen LogP) is 0.750. The molecule has 0 atom stereocenters. The molecule has 8 heteroatoms. The summed E-state index contributed by atoms with van der Waals surface area (Å²) in [5.41, 5.74) is 0. The molecule has 0 aromatic carbocycles. The first kappa shape index (κ1) is 13.1. The molecule has 16 heavy (non-hydrogen) atoms. The molecule has 0 bridgehead atoms. The first-order valence-electron chi connectivity index (χ1n) is 4.92. The van der Waals surface area contributed by atoms with Crippen LogP contribution in [0.1, 0.15) is 6.42 Å². The molecular weight excluding hydrogens is 230 g/mol. The average molecular weight is 247 g/mol. The SMILES string of the molecule is CO[Si](CCCNc1nnco1)(OC)OC. The van der Waals surface area contributed by atoms with Crippen molar-refractivity contribution in [2.75, 3.05) is 33.2 Å². The Morgan fingerprint density at radius 3 is 2.50 bits per heavy atom. The van der Waals surface area contributed by atoms with Crippen LogP contribution in [0.5, 0.6) is 0 Å². The molecule has 0 aliphatic heterocycles. The molecule has 1 aromatic rings.